The van der Waals surface area contributed by atoms with E-state index in [1.807, 2.05) is 12.2 Å². The number of benzene rings is 9. The van der Waals surface area contributed by atoms with Crippen LogP contribution in [-0.4, -0.2) is 0 Å². The van der Waals surface area contributed by atoms with Gasteiger partial charge in [-0.05, 0) is 175 Å². The second-order valence-electron chi connectivity index (χ2n) is 15.8. The minimum atomic E-state index is 0.997. The summed E-state index contributed by atoms with van der Waals surface area (Å²) in [6, 6.07) is 63.0. The van der Waals surface area contributed by atoms with Crippen LogP contribution in [0.2, 0.25) is 0 Å². The van der Waals surface area contributed by atoms with Gasteiger partial charge in [0.15, 0.2) is 0 Å². The molecule has 0 heterocycles. The normalized spacial score (nSPS) is 12.7. The van der Waals surface area contributed by atoms with Gasteiger partial charge in [0.1, 0.15) is 0 Å². The van der Waals surface area contributed by atoms with E-state index in [1.54, 1.807) is 0 Å². The molecule has 0 unspecified atom stereocenters. The van der Waals surface area contributed by atoms with Crippen LogP contribution < -0.4 is 9.80 Å². The molecule has 2 aliphatic carbocycles. The Hall–Kier alpha value is -7.16. The van der Waals surface area contributed by atoms with Gasteiger partial charge in [0, 0.05) is 34.1 Å². The summed E-state index contributed by atoms with van der Waals surface area (Å²) in [7, 11) is 0. The Labute approximate surface area is 340 Å². The summed E-state index contributed by atoms with van der Waals surface area (Å²) in [5, 5.41) is 7.46. The summed E-state index contributed by atoms with van der Waals surface area (Å²) < 4.78 is 0. The zero-order valence-electron chi connectivity index (χ0n) is 32.5. The van der Waals surface area contributed by atoms with E-state index in [0.29, 0.717) is 0 Å². The van der Waals surface area contributed by atoms with Crippen LogP contribution >= 0.6 is 0 Å². The fourth-order valence-electron chi connectivity index (χ4n) is 9.63. The highest BCUT2D eigenvalue weighted by molar-refractivity contribution is 5.95. The molecule has 276 valence electrons. The van der Waals surface area contributed by atoms with Crippen LogP contribution in [0.15, 0.2) is 183 Å². The van der Waals surface area contributed by atoms with E-state index in [9.17, 15) is 0 Å². The third kappa shape index (κ3) is 5.72. The summed E-state index contributed by atoms with van der Waals surface area (Å²) in [6.07, 6.45) is 7.84. The molecule has 58 heavy (non-hydrogen) atoms. The molecule has 11 rings (SSSR count). The maximum absolute atomic E-state index is 4.15. The number of rotatable bonds is 8. The first-order valence-corrected chi connectivity index (χ1v) is 20.4. The topological polar surface area (TPSA) is 6.48 Å². The Kier molecular flexibility index (Phi) is 8.11. The molecule has 2 aliphatic rings. The van der Waals surface area contributed by atoms with E-state index in [4.69, 9.17) is 0 Å². The van der Waals surface area contributed by atoms with Gasteiger partial charge in [0.05, 0.1) is 0 Å². The lowest BCUT2D eigenvalue weighted by atomic mass is 9.75. The third-order valence-electron chi connectivity index (χ3n) is 12.4. The monoisotopic (exact) mass is 742 g/mol. The third-order valence-corrected chi connectivity index (χ3v) is 12.4. The molecular formula is C56H42N2. The minimum absolute atomic E-state index is 0.997. The highest BCUT2D eigenvalue weighted by atomic mass is 15.1. The predicted octanol–water partition coefficient (Wildman–Crippen LogP) is 15.2. The Balaban J connectivity index is 1.05. The first-order chi connectivity index (χ1) is 28.6. The van der Waals surface area contributed by atoms with E-state index >= 15 is 0 Å². The van der Waals surface area contributed by atoms with Gasteiger partial charge in [-0.3, -0.25) is 0 Å². The van der Waals surface area contributed by atoms with E-state index in [2.05, 4.69) is 193 Å². The molecule has 0 radical (unpaired) electrons. The molecule has 0 amide bonds. The van der Waals surface area contributed by atoms with Gasteiger partial charge in [-0.2, -0.15) is 0 Å². The fraction of sp³-hybridized carbons (Fsp3) is 0.0714. The number of hydrogen-bond acceptors (Lipinski definition) is 2. The molecule has 0 saturated heterocycles. The van der Waals surface area contributed by atoms with E-state index in [-0.39, 0.29) is 0 Å². The van der Waals surface area contributed by atoms with Crippen molar-refractivity contribution in [3.05, 3.63) is 216 Å². The van der Waals surface area contributed by atoms with Crippen molar-refractivity contribution in [3.63, 3.8) is 0 Å². The van der Waals surface area contributed by atoms with Crippen LogP contribution in [0.4, 0.5) is 34.1 Å². The predicted molar refractivity (Wildman–Crippen MR) is 249 cm³/mol. The van der Waals surface area contributed by atoms with Crippen LogP contribution in [0.3, 0.4) is 0 Å². The molecule has 0 bridgehead atoms. The molecule has 0 N–H and O–H groups in total. The number of anilines is 6. The zero-order chi connectivity index (χ0) is 38.7. The zero-order valence-corrected chi connectivity index (χ0v) is 32.5. The Morgan fingerprint density at radius 1 is 0.310 bits per heavy atom. The van der Waals surface area contributed by atoms with E-state index in [0.717, 1.165) is 48.2 Å². The van der Waals surface area contributed by atoms with Crippen molar-refractivity contribution in [2.75, 3.05) is 9.80 Å². The summed E-state index contributed by atoms with van der Waals surface area (Å²) in [4.78, 5) is 4.91. The molecule has 2 nitrogen and oxygen atoms in total. The molecular weight excluding hydrogens is 701 g/mol. The van der Waals surface area contributed by atoms with Crippen molar-refractivity contribution in [3.8, 4) is 11.1 Å². The minimum Gasteiger partial charge on any atom is -0.310 e. The van der Waals surface area contributed by atoms with Crippen LogP contribution in [0.5, 0.6) is 0 Å². The summed E-state index contributed by atoms with van der Waals surface area (Å²) in [6.45, 7) is 8.21. The van der Waals surface area contributed by atoms with Crippen molar-refractivity contribution in [1.82, 2.24) is 0 Å². The number of nitrogens with zero attached hydrogens (tertiary/aromatic N) is 2. The van der Waals surface area contributed by atoms with Gasteiger partial charge in [0.25, 0.3) is 0 Å². The van der Waals surface area contributed by atoms with Crippen LogP contribution in [0, 0.1) is 0 Å². The SMILES string of the molecule is C=Cc1ccc(N(c2cc3c4c(c2)CCc2cc(N(c5ccc6ccccc6c5)c5ccc6ccccc6c5)cc(c2-4)CC3)c2ccc3ccccc3c2)cc1C=C. The lowest BCUT2D eigenvalue weighted by Gasteiger charge is -2.35. The van der Waals surface area contributed by atoms with Crippen LogP contribution in [-0.2, 0) is 25.7 Å². The highest BCUT2D eigenvalue weighted by Gasteiger charge is 2.29. The first-order valence-electron chi connectivity index (χ1n) is 20.4. The van der Waals surface area contributed by atoms with Crippen molar-refractivity contribution >= 4 is 78.6 Å². The number of aryl methyl sites for hydroxylation is 4. The lowest BCUT2D eigenvalue weighted by molar-refractivity contribution is 0.875. The Bertz CT molecular complexity index is 3000. The van der Waals surface area contributed by atoms with Gasteiger partial charge in [0.2, 0.25) is 0 Å². The standard InChI is InChI=1S/C56H42N2/c1-3-37-21-25-49(29-38(37)4-2)57(50-26-22-39-11-5-8-14-42(39)30-50)53-33-45-17-19-47-35-54(36-48-20-18-46(34-53)55(45)56(47)48)58(51-27-23-40-12-6-9-15-43(40)31-51)52-28-24-41-13-7-10-16-44(41)32-52/h3-16,21-36H,1-2,17-20H2. The molecule has 0 fully saturated rings. The van der Waals surface area contributed by atoms with Gasteiger partial charge in [-0.15, -0.1) is 0 Å². The molecule has 0 atom stereocenters. The quantitative estimate of drug-likeness (QED) is 0.153. The van der Waals surface area contributed by atoms with Crippen molar-refractivity contribution in [1.29, 1.82) is 0 Å². The summed E-state index contributed by atoms with van der Waals surface area (Å²) >= 11 is 0. The van der Waals surface area contributed by atoms with Crippen molar-refractivity contribution in [2.24, 2.45) is 0 Å². The molecule has 2 heteroatoms. The van der Waals surface area contributed by atoms with Gasteiger partial charge >= 0.3 is 0 Å². The smallest absolute Gasteiger partial charge is 0.0468 e. The van der Waals surface area contributed by atoms with Crippen LogP contribution in [0.25, 0.3) is 55.6 Å². The van der Waals surface area contributed by atoms with Crippen molar-refractivity contribution < 1.29 is 0 Å². The van der Waals surface area contributed by atoms with E-state index < -0.39 is 0 Å². The van der Waals surface area contributed by atoms with E-state index in [1.165, 1.54) is 88.4 Å². The summed E-state index contributed by atoms with van der Waals surface area (Å²) in [5.74, 6) is 0. The molecule has 0 spiro atoms. The summed E-state index contributed by atoms with van der Waals surface area (Å²) in [5.41, 5.74) is 17.9. The highest BCUT2D eigenvalue weighted by Crippen LogP contribution is 2.49. The van der Waals surface area contributed by atoms with Gasteiger partial charge in [-0.25, -0.2) is 0 Å². The first kappa shape index (κ1) is 34.1. The van der Waals surface area contributed by atoms with Crippen molar-refractivity contribution in [2.45, 2.75) is 25.7 Å². The van der Waals surface area contributed by atoms with Crippen LogP contribution in [0.1, 0.15) is 33.4 Å². The Morgan fingerprint density at radius 2 is 0.638 bits per heavy atom. The van der Waals surface area contributed by atoms with Gasteiger partial charge in [-0.1, -0.05) is 122 Å². The molecule has 0 aliphatic heterocycles. The fourth-order valence-corrected chi connectivity index (χ4v) is 9.63. The maximum Gasteiger partial charge on any atom is 0.0468 e. The molecule has 0 aromatic heterocycles. The maximum atomic E-state index is 4.15. The molecule has 0 saturated carbocycles. The average Bonchev–Trinajstić information content (AvgIpc) is 3.28. The lowest BCUT2D eigenvalue weighted by Crippen LogP contribution is -2.18. The van der Waals surface area contributed by atoms with Gasteiger partial charge < -0.3 is 9.80 Å². The number of hydrogen-bond donors (Lipinski definition) is 0. The molecule has 9 aromatic rings. The second kappa shape index (κ2) is 13.8. The average molecular weight is 743 g/mol. The Morgan fingerprint density at radius 3 is 1.00 bits per heavy atom. The molecule has 9 aromatic carbocycles. The number of fused-ring (bicyclic) bond motifs is 3. The second-order valence-corrected chi connectivity index (χ2v) is 15.8. The largest absolute Gasteiger partial charge is 0.310 e.